The topological polar surface area (TPSA) is 75.9 Å². The predicted molar refractivity (Wildman–Crippen MR) is 101 cm³/mol. The van der Waals surface area contributed by atoms with E-state index in [0.29, 0.717) is 13.0 Å². The maximum atomic E-state index is 12.2. The first-order valence-electron chi connectivity index (χ1n) is 9.16. The second-order valence-electron chi connectivity index (χ2n) is 6.74. The zero-order valence-corrected chi connectivity index (χ0v) is 15.1. The molecule has 1 aliphatic rings. The SMILES string of the molecule is O=C(Cc1ccc(-n2cnnn2)cc1)NCCN1CCc2ccccc2C1. The summed E-state index contributed by atoms with van der Waals surface area (Å²) in [7, 11) is 0. The fraction of sp³-hybridized carbons (Fsp3) is 0.300. The van der Waals surface area contributed by atoms with Crippen LogP contribution >= 0.6 is 0 Å². The first-order chi connectivity index (χ1) is 13.3. The molecule has 0 bridgehead atoms. The van der Waals surface area contributed by atoms with Crippen LogP contribution in [0.5, 0.6) is 0 Å². The molecule has 7 nitrogen and oxygen atoms in total. The zero-order valence-electron chi connectivity index (χ0n) is 15.1. The molecule has 0 saturated heterocycles. The molecule has 138 valence electrons. The number of nitrogens with zero attached hydrogens (tertiary/aromatic N) is 5. The van der Waals surface area contributed by atoms with E-state index in [1.165, 1.54) is 11.1 Å². The molecule has 0 spiro atoms. The third-order valence-corrected chi connectivity index (χ3v) is 4.87. The number of tetrazole rings is 1. The molecule has 2 aromatic carbocycles. The Labute approximate surface area is 158 Å². The summed E-state index contributed by atoms with van der Waals surface area (Å²) in [6.07, 6.45) is 3.00. The van der Waals surface area contributed by atoms with E-state index >= 15 is 0 Å². The summed E-state index contributed by atoms with van der Waals surface area (Å²) in [5, 5.41) is 14.1. The monoisotopic (exact) mass is 362 g/mol. The van der Waals surface area contributed by atoms with Crippen LogP contribution in [-0.2, 0) is 24.2 Å². The molecule has 2 heterocycles. The van der Waals surface area contributed by atoms with E-state index in [4.69, 9.17) is 0 Å². The number of aromatic nitrogens is 4. The van der Waals surface area contributed by atoms with Gasteiger partial charge in [0.05, 0.1) is 12.1 Å². The number of amides is 1. The van der Waals surface area contributed by atoms with Crippen molar-refractivity contribution >= 4 is 5.91 Å². The van der Waals surface area contributed by atoms with Crippen LogP contribution in [0.15, 0.2) is 54.9 Å². The van der Waals surface area contributed by atoms with Crippen LogP contribution in [0.1, 0.15) is 16.7 Å². The summed E-state index contributed by atoms with van der Waals surface area (Å²) in [5.41, 5.74) is 4.69. The molecule has 0 saturated carbocycles. The largest absolute Gasteiger partial charge is 0.355 e. The van der Waals surface area contributed by atoms with Crippen molar-refractivity contribution in [3.05, 3.63) is 71.5 Å². The van der Waals surface area contributed by atoms with Gasteiger partial charge in [-0.25, -0.2) is 4.68 Å². The van der Waals surface area contributed by atoms with Gasteiger partial charge in [0.25, 0.3) is 0 Å². The normalized spacial score (nSPS) is 13.9. The van der Waals surface area contributed by atoms with Gasteiger partial charge >= 0.3 is 0 Å². The minimum absolute atomic E-state index is 0.0441. The molecule has 0 unspecified atom stereocenters. The van der Waals surface area contributed by atoms with Gasteiger partial charge in [-0.15, -0.1) is 5.10 Å². The molecule has 4 rings (SSSR count). The summed E-state index contributed by atoms with van der Waals surface area (Å²) >= 11 is 0. The molecule has 0 atom stereocenters. The number of benzene rings is 2. The summed E-state index contributed by atoms with van der Waals surface area (Å²) in [6.45, 7) is 3.55. The van der Waals surface area contributed by atoms with E-state index in [1.807, 2.05) is 24.3 Å². The summed E-state index contributed by atoms with van der Waals surface area (Å²) in [6, 6.07) is 16.3. The first-order valence-corrected chi connectivity index (χ1v) is 9.16. The number of nitrogens with one attached hydrogen (secondary N) is 1. The lowest BCUT2D eigenvalue weighted by atomic mass is 10.00. The molecule has 0 aliphatic carbocycles. The van der Waals surface area contributed by atoms with Crippen LogP contribution < -0.4 is 5.32 Å². The van der Waals surface area contributed by atoms with Gasteiger partial charge in [0.2, 0.25) is 5.91 Å². The molecule has 7 heteroatoms. The molecular weight excluding hydrogens is 340 g/mol. The Hall–Kier alpha value is -3.06. The van der Waals surface area contributed by atoms with Crippen molar-refractivity contribution in [3.63, 3.8) is 0 Å². The summed E-state index contributed by atoms with van der Waals surface area (Å²) < 4.78 is 1.58. The molecule has 0 fully saturated rings. The number of fused-ring (bicyclic) bond motifs is 1. The van der Waals surface area contributed by atoms with Crippen LogP contribution in [0.4, 0.5) is 0 Å². The Balaban J connectivity index is 1.22. The number of carbonyl (C=O) groups is 1. The number of rotatable bonds is 6. The van der Waals surface area contributed by atoms with Gasteiger partial charge in [-0.3, -0.25) is 9.69 Å². The standard InChI is InChI=1S/C20H22N6O/c27-20(13-16-5-7-19(8-6-16)26-15-22-23-24-26)21-10-12-25-11-9-17-3-1-2-4-18(17)14-25/h1-8,15H,9-14H2,(H,21,27). The van der Waals surface area contributed by atoms with Gasteiger partial charge in [0.1, 0.15) is 6.33 Å². The molecule has 0 radical (unpaired) electrons. The first kappa shape index (κ1) is 17.4. The fourth-order valence-electron chi connectivity index (χ4n) is 3.39. The Morgan fingerprint density at radius 1 is 1.07 bits per heavy atom. The Morgan fingerprint density at radius 2 is 1.89 bits per heavy atom. The smallest absolute Gasteiger partial charge is 0.224 e. The van der Waals surface area contributed by atoms with E-state index in [1.54, 1.807) is 11.0 Å². The highest BCUT2D eigenvalue weighted by atomic mass is 16.1. The Morgan fingerprint density at radius 3 is 2.67 bits per heavy atom. The van der Waals surface area contributed by atoms with Crippen molar-refractivity contribution in [2.24, 2.45) is 0 Å². The highest BCUT2D eigenvalue weighted by Gasteiger charge is 2.15. The number of carbonyl (C=O) groups excluding carboxylic acids is 1. The van der Waals surface area contributed by atoms with Crippen molar-refractivity contribution in [1.82, 2.24) is 30.4 Å². The van der Waals surface area contributed by atoms with Crippen molar-refractivity contribution in [2.45, 2.75) is 19.4 Å². The molecule has 3 aromatic rings. The van der Waals surface area contributed by atoms with E-state index in [2.05, 4.69) is 50.0 Å². The lowest BCUT2D eigenvalue weighted by molar-refractivity contribution is -0.120. The van der Waals surface area contributed by atoms with Crippen LogP contribution in [0.2, 0.25) is 0 Å². The fourth-order valence-corrected chi connectivity index (χ4v) is 3.39. The second kappa shape index (κ2) is 8.09. The van der Waals surface area contributed by atoms with E-state index in [0.717, 1.165) is 37.3 Å². The van der Waals surface area contributed by atoms with E-state index < -0.39 is 0 Å². The molecule has 1 aromatic heterocycles. The van der Waals surface area contributed by atoms with Crippen LogP contribution in [0.3, 0.4) is 0 Å². The minimum Gasteiger partial charge on any atom is -0.355 e. The zero-order chi connectivity index (χ0) is 18.5. The lowest BCUT2D eigenvalue weighted by Crippen LogP contribution is -2.38. The van der Waals surface area contributed by atoms with Crippen molar-refractivity contribution in [2.75, 3.05) is 19.6 Å². The summed E-state index contributed by atoms with van der Waals surface area (Å²) in [5.74, 6) is 0.0441. The van der Waals surface area contributed by atoms with Crippen molar-refractivity contribution in [1.29, 1.82) is 0 Å². The Bertz CT molecular complexity index is 891. The molecule has 27 heavy (non-hydrogen) atoms. The highest BCUT2D eigenvalue weighted by molar-refractivity contribution is 5.78. The molecule has 1 amide bonds. The van der Waals surface area contributed by atoms with Gasteiger partial charge < -0.3 is 5.32 Å². The van der Waals surface area contributed by atoms with Crippen molar-refractivity contribution < 1.29 is 4.79 Å². The third-order valence-electron chi connectivity index (χ3n) is 4.87. The van der Waals surface area contributed by atoms with Gasteiger partial charge in [-0.05, 0) is 45.7 Å². The van der Waals surface area contributed by atoms with Crippen LogP contribution in [-0.4, -0.2) is 50.6 Å². The van der Waals surface area contributed by atoms with Crippen molar-refractivity contribution in [3.8, 4) is 5.69 Å². The van der Waals surface area contributed by atoms with Crippen LogP contribution in [0, 0.1) is 0 Å². The number of hydrogen-bond acceptors (Lipinski definition) is 5. The maximum absolute atomic E-state index is 12.2. The van der Waals surface area contributed by atoms with Gasteiger partial charge in [-0.1, -0.05) is 36.4 Å². The quantitative estimate of drug-likeness (QED) is 0.717. The van der Waals surface area contributed by atoms with E-state index in [9.17, 15) is 4.79 Å². The van der Waals surface area contributed by atoms with Crippen LogP contribution in [0.25, 0.3) is 5.69 Å². The third kappa shape index (κ3) is 4.38. The van der Waals surface area contributed by atoms with Gasteiger partial charge in [-0.2, -0.15) is 0 Å². The molecule has 1 aliphatic heterocycles. The minimum atomic E-state index is 0.0441. The molecular formula is C20H22N6O. The molecule has 1 N–H and O–H groups in total. The Kier molecular flexibility index (Phi) is 5.20. The average Bonchev–Trinajstić information content (AvgIpc) is 3.23. The van der Waals surface area contributed by atoms with E-state index in [-0.39, 0.29) is 5.91 Å². The maximum Gasteiger partial charge on any atom is 0.224 e. The summed E-state index contributed by atoms with van der Waals surface area (Å²) in [4.78, 5) is 14.6. The van der Waals surface area contributed by atoms with Gasteiger partial charge in [0, 0.05) is 26.2 Å². The average molecular weight is 362 g/mol. The second-order valence-corrected chi connectivity index (χ2v) is 6.74. The highest BCUT2D eigenvalue weighted by Crippen LogP contribution is 2.17. The number of hydrogen-bond donors (Lipinski definition) is 1. The predicted octanol–water partition coefficient (Wildman–Crippen LogP) is 1.38. The van der Waals surface area contributed by atoms with Gasteiger partial charge in [0.15, 0.2) is 0 Å². The lowest BCUT2D eigenvalue weighted by Gasteiger charge is -2.28.